The zero-order chi connectivity index (χ0) is 15.0. The molecule has 3 rings (SSSR count). The van der Waals surface area contributed by atoms with Crippen LogP contribution in [0.5, 0.6) is 0 Å². The topological polar surface area (TPSA) is 42.0 Å². The number of nitrogens with zero attached hydrogens (tertiary/aromatic N) is 1. The highest BCUT2D eigenvalue weighted by Gasteiger charge is 2.12. The molecule has 5 heteroatoms. The number of amides is 1. The van der Waals surface area contributed by atoms with E-state index in [1.54, 1.807) is 6.07 Å². The van der Waals surface area contributed by atoms with Crippen LogP contribution in [-0.2, 0) is 0 Å². The van der Waals surface area contributed by atoms with Gasteiger partial charge in [0.25, 0.3) is 5.91 Å². The summed E-state index contributed by atoms with van der Waals surface area (Å²) in [7, 11) is 0. The standard InChI is InChI=1S/C16H13ClN2OS/c1-9-4-3-5-11(8-9)15(20)19-16-18-14-10(2)12(17)6-7-13(14)21-16/h3-8H,1-2H3,(H,18,19,20). The second-order valence-corrected chi connectivity index (χ2v) is 6.30. The summed E-state index contributed by atoms with van der Waals surface area (Å²) in [6.45, 7) is 3.89. The van der Waals surface area contributed by atoms with Gasteiger partial charge in [0.15, 0.2) is 5.13 Å². The molecule has 0 bridgehead atoms. The van der Waals surface area contributed by atoms with Crippen LogP contribution in [0.2, 0.25) is 5.02 Å². The number of nitrogens with one attached hydrogen (secondary N) is 1. The van der Waals surface area contributed by atoms with Gasteiger partial charge < -0.3 is 0 Å². The fraction of sp³-hybridized carbons (Fsp3) is 0.125. The molecule has 0 fully saturated rings. The summed E-state index contributed by atoms with van der Waals surface area (Å²) in [5.74, 6) is -0.151. The zero-order valence-corrected chi connectivity index (χ0v) is 13.2. The highest BCUT2D eigenvalue weighted by molar-refractivity contribution is 7.22. The maximum atomic E-state index is 12.2. The van der Waals surface area contributed by atoms with E-state index < -0.39 is 0 Å². The molecule has 21 heavy (non-hydrogen) atoms. The third-order valence-electron chi connectivity index (χ3n) is 3.25. The van der Waals surface area contributed by atoms with Crippen molar-refractivity contribution in [2.24, 2.45) is 0 Å². The highest BCUT2D eigenvalue weighted by Crippen LogP contribution is 2.31. The summed E-state index contributed by atoms with van der Waals surface area (Å²) in [6, 6.07) is 11.2. The van der Waals surface area contributed by atoms with Crippen molar-refractivity contribution >= 4 is 44.2 Å². The molecule has 1 amide bonds. The largest absolute Gasteiger partial charge is 0.298 e. The SMILES string of the molecule is Cc1cccc(C(=O)Nc2nc3c(C)c(Cl)ccc3s2)c1. The molecule has 106 valence electrons. The van der Waals surface area contributed by atoms with E-state index in [0.29, 0.717) is 15.7 Å². The lowest BCUT2D eigenvalue weighted by Crippen LogP contribution is -2.11. The van der Waals surface area contributed by atoms with Crippen LogP contribution >= 0.6 is 22.9 Å². The van der Waals surface area contributed by atoms with E-state index >= 15 is 0 Å². The summed E-state index contributed by atoms with van der Waals surface area (Å²) in [5.41, 5.74) is 3.45. The summed E-state index contributed by atoms with van der Waals surface area (Å²) in [5, 5.41) is 4.12. The number of aryl methyl sites for hydroxylation is 2. The first-order chi connectivity index (χ1) is 10.0. The van der Waals surface area contributed by atoms with Gasteiger partial charge in [-0.25, -0.2) is 4.98 Å². The molecule has 3 aromatic rings. The molecule has 0 saturated heterocycles. The molecular weight excluding hydrogens is 304 g/mol. The average Bonchev–Trinajstić information content (AvgIpc) is 2.86. The van der Waals surface area contributed by atoms with Gasteiger partial charge in [0.1, 0.15) is 0 Å². The third-order valence-corrected chi connectivity index (χ3v) is 4.59. The molecule has 0 aliphatic rings. The number of carbonyl (C=O) groups is 1. The highest BCUT2D eigenvalue weighted by atomic mass is 35.5. The Balaban J connectivity index is 1.91. The van der Waals surface area contributed by atoms with Crippen molar-refractivity contribution in [1.29, 1.82) is 0 Å². The summed E-state index contributed by atoms with van der Waals surface area (Å²) >= 11 is 7.54. The fourth-order valence-electron chi connectivity index (χ4n) is 2.11. The average molecular weight is 317 g/mol. The molecule has 1 aromatic heterocycles. The van der Waals surface area contributed by atoms with Gasteiger partial charge in [-0.15, -0.1) is 0 Å². The van der Waals surface area contributed by atoms with Crippen LogP contribution in [-0.4, -0.2) is 10.9 Å². The Morgan fingerprint density at radius 2 is 2.05 bits per heavy atom. The summed E-state index contributed by atoms with van der Waals surface area (Å²) < 4.78 is 1.01. The molecule has 0 saturated carbocycles. The molecule has 0 spiro atoms. The number of fused-ring (bicyclic) bond motifs is 1. The molecule has 0 aliphatic heterocycles. The fourth-order valence-corrected chi connectivity index (χ4v) is 3.18. The van der Waals surface area contributed by atoms with E-state index in [1.807, 2.05) is 44.2 Å². The number of anilines is 1. The molecule has 1 N–H and O–H groups in total. The van der Waals surface area contributed by atoms with Crippen molar-refractivity contribution in [3.8, 4) is 0 Å². The molecule has 0 aliphatic carbocycles. The van der Waals surface area contributed by atoms with Crippen molar-refractivity contribution in [2.75, 3.05) is 5.32 Å². The van der Waals surface area contributed by atoms with Crippen molar-refractivity contribution in [1.82, 2.24) is 4.98 Å². The smallest absolute Gasteiger partial charge is 0.257 e. The van der Waals surface area contributed by atoms with E-state index in [1.165, 1.54) is 11.3 Å². The van der Waals surface area contributed by atoms with E-state index in [9.17, 15) is 4.79 Å². The van der Waals surface area contributed by atoms with Crippen molar-refractivity contribution in [3.05, 3.63) is 58.1 Å². The lowest BCUT2D eigenvalue weighted by molar-refractivity contribution is 0.102. The predicted octanol–water partition coefficient (Wildman–Crippen LogP) is 4.82. The Kier molecular flexibility index (Phi) is 3.66. The first kappa shape index (κ1) is 14.0. The lowest BCUT2D eigenvalue weighted by Gasteiger charge is -2.02. The quantitative estimate of drug-likeness (QED) is 0.736. The minimum atomic E-state index is -0.151. The number of carbonyl (C=O) groups excluding carboxylic acids is 1. The number of rotatable bonds is 2. The second-order valence-electron chi connectivity index (χ2n) is 4.86. The summed E-state index contributed by atoms with van der Waals surface area (Å²) in [6.07, 6.45) is 0. The molecular formula is C16H13ClN2OS. The normalized spacial score (nSPS) is 10.8. The number of halogens is 1. The molecule has 3 nitrogen and oxygen atoms in total. The minimum Gasteiger partial charge on any atom is -0.298 e. The van der Waals surface area contributed by atoms with Gasteiger partial charge in [-0.05, 0) is 43.7 Å². The molecule has 2 aromatic carbocycles. The van der Waals surface area contributed by atoms with E-state index in [4.69, 9.17) is 11.6 Å². The monoisotopic (exact) mass is 316 g/mol. The Morgan fingerprint density at radius 1 is 1.24 bits per heavy atom. The van der Waals surface area contributed by atoms with Gasteiger partial charge in [-0.2, -0.15) is 0 Å². The maximum Gasteiger partial charge on any atom is 0.257 e. The lowest BCUT2D eigenvalue weighted by atomic mass is 10.1. The number of hydrogen-bond donors (Lipinski definition) is 1. The van der Waals surface area contributed by atoms with Crippen molar-refractivity contribution in [3.63, 3.8) is 0 Å². The zero-order valence-electron chi connectivity index (χ0n) is 11.6. The molecule has 0 radical (unpaired) electrons. The Morgan fingerprint density at radius 3 is 2.81 bits per heavy atom. The Bertz CT molecular complexity index is 841. The third kappa shape index (κ3) is 2.77. The molecule has 0 unspecified atom stereocenters. The minimum absolute atomic E-state index is 0.151. The van der Waals surface area contributed by atoms with Crippen LogP contribution in [0, 0.1) is 13.8 Å². The van der Waals surface area contributed by atoms with Gasteiger partial charge >= 0.3 is 0 Å². The Labute approximate surface area is 131 Å². The van der Waals surface area contributed by atoms with E-state index in [2.05, 4.69) is 10.3 Å². The van der Waals surface area contributed by atoms with E-state index in [-0.39, 0.29) is 5.91 Å². The van der Waals surface area contributed by atoms with Crippen molar-refractivity contribution in [2.45, 2.75) is 13.8 Å². The number of thiazole rings is 1. The first-order valence-electron chi connectivity index (χ1n) is 6.48. The first-order valence-corrected chi connectivity index (χ1v) is 7.68. The second kappa shape index (κ2) is 5.47. The number of aromatic nitrogens is 1. The van der Waals surface area contributed by atoms with Crippen LogP contribution in [0.3, 0.4) is 0 Å². The van der Waals surface area contributed by atoms with Crippen molar-refractivity contribution < 1.29 is 4.79 Å². The van der Waals surface area contributed by atoms with Crippen LogP contribution in [0.15, 0.2) is 36.4 Å². The van der Waals surface area contributed by atoms with Gasteiger partial charge in [-0.1, -0.05) is 40.6 Å². The molecule has 0 atom stereocenters. The van der Waals surface area contributed by atoms with Crippen LogP contribution in [0.4, 0.5) is 5.13 Å². The van der Waals surface area contributed by atoms with Gasteiger partial charge in [0, 0.05) is 10.6 Å². The number of benzene rings is 2. The predicted molar refractivity (Wildman–Crippen MR) is 88.5 cm³/mol. The van der Waals surface area contributed by atoms with Crippen LogP contribution in [0.1, 0.15) is 21.5 Å². The van der Waals surface area contributed by atoms with Crippen LogP contribution < -0.4 is 5.32 Å². The number of hydrogen-bond acceptors (Lipinski definition) is 3. The van der Waals surface area contributed by atoms with Gasteiger partial charge in [0.2, 0.25) is 0 Å². The Hall–Kier alpha value is -1.91. The van der Waals surface area contributed by atoms with Crippen LogP contribution in [0.25, 0.3) is 10.2 Å². The van der Waals surface area contributed by atoms with E-state index in [0.717, 1.165) is 21.3 Å². The van der Waals surface area contributed by atoms with Gasteiger partial charge in [0.05, 0.1) is 10.2 Å². The van der Waals surface area contributed by atoms with Gasteiger partial charge in [-0.3, -0.25) is 10.1 Å². The summed E-state index contributed by atoms with van der Waals surface area (Å²) in [4.78, 5) is 16.7. The molecule has 1 heterocycles. The maximum absolute atomic E-state index is 12.2.